The van der Waals surface area contributed by atoms with Crippen molar-refractivity contribution < 1.29 is 5.11 Å². The minimum absolute atomic E-state index is 0.234. The first-order chi connectivity index (χ1) is 8.35. The van der Waals surface area contributed by atoms with Gasteiger partial charge in [-0.2, -0.15) is 0 Å². The first-order valence-corrected chi connectivity index (χ1v) is 6.46. The molecule has 17 heavy (non-hydrogen) atoms. The van der Waals surface area contributed by atoms with E-state index in [-0.39, 0.29) is 6.61 Å². The van der Waals surface area contributed by atoms with Crippen molar-refractivity contribution in [1.29, 1.82) is 0 Å². The third-order valence-corrected chi connectivity index (χ3v) is 3.25. The molecule has 0 bridgehead atoms. The molecule has 0 fully saturated rings. The number of hydrogen-bond acceptors (Lipinski definition) is 1. The van der Waals surface area contributed by atoms with Gasteiger partial charge in [-0.25, -0.2) is 0 Å². The van der Waals surface area contributed by atoms with Crippen LogP contribution in [0.3, 0.4) is 0 Å². The van der Waals surface area contributed by atoms with E-state index in [2.05, 4.69) is 43.3 Å². The van der Waals surface area contributed by atoms with Crippen LogP contribution in [0.25, 0.3) is 10.8 Å². The van der Waals surface area contributed by atoms with Crippen LogP contribution in [-0.2, 0) is 12.8 Å². The SMILES string of the molecule is CCCCc1cc2ccccc2cc1CCO. The number of aliphatic hydroxyl groups excluding tert-OH is 1. The maximum absolute atomic E-state index is 9.14. The number of fused-ring (bicyclic) bond motifs is 1. The third-order valence-electron chi connectivity index (χ3n) is 3.25. The van der Waals surface area contributed by atoms with Gasteiger partial charge in [-0.3, -0.25) is 0 Å². The van der Waals surface area contributed by atoms with Gasteiger partial charge in [0.1, 0.15) is 0 Å². The van der Waals surface area contributed by atoms with Crippen LogP contribution >= 0.6 is 0 Å². The van der Waals surface area contributed by atoms with Gasteiger partial charge in [0.2, 0.25) is 0 Å². The average Bonchev–Trinajstić information content (AvgIpc) is 2.36. The first kappa shape index (κ1) is 12.1. The van der Waals surface area contributed by atoms with E-state index in [1.165, 1.54) is 34.7 Å². The van der Waals surface area contributed by atoms with Crippen LogP contribution in [0.5, 0.6) is 0 Å². The molecule has 2 aromatic rings. The Bertz CT molecular complexity index is 488. The molecule has 1 heteroatoms. The van der Waals surface area contributed by atoms with Crippen molar-refractivity contribution in [3.05, 3.63) is 47.5 Å². The van der Waals surface area contributed by atoms with Crippen LogP contribution in [0.2, 0.25) is 0 Å². The lowest BCUT2D eigenvalue weighted by Crippen LogP contribution is -1.98. The molecule has 1 nitrogen and oxygen atoms in total. The standard InChI is InChI=1S/C16H20O/c1-2-3-6-13-11-14-7-4-5-8-15(14)12-16(13)9-10-17/h4-5,7-8,11-12,17H,2-3,6,9-10H2,1H3. The maximum atomic E-state index is 9.14. The largest absolute Gasteiger partial charge is 0.396 e. The topological polar surface area (TPSA) is 20.2 Å². The van der Waals surface area contributed by atoms with E-state index < -0.39 is 0 Å². The molecule has 0 amide bonds. The molecule has 0 aliphatic rings. The molecule has 90 valence electrons. The predicted octanol–water partition coefficient (Wildman–Crippen LogP) is 3.72. The number of unbranched alkanes of at least 4 members (excludes halogenated alkanes) is 1. The van der Waals surface area contributed by atoms with E-state index >= 15 is 0 Å². The van der Waals surface area contributed by atoms with Crippen LogP contribution in [0.1, 0.15) is 30.9 Å². The van der Waals surface area contributed by atoms with Gasteiger partial charge in [0.05, 0.1) is 0 Å². The summed E-state index contributed by atoms with van der Waals surface area (Å²) in [5.74, 6) is 0. The highest BCUT2D eigenvalue weighted by Gasteiger charge is 2.04. The van der Waals surface area contributed by atoms with E-state index in [1.807, 2.05) is 0 Å². The monoisotopic (exact) mass is 228 g/mol. The van der Waals surface area contributed by atoms with Gasteiger partial charge in [0.25, 0.3) is 0 Å². The van der Waals surface area contributed by atoms with Crippen molar-refractivity contribution in [2.24, 2.45) is 0 Å². The predicted molar refractivity (Wildman–Crippen MR) is 73.3 cm³/mol. The quantitative estimate of drug-likeness (QED) is 0.827. The van der Waals surface area contributed by atoms with Gasteiger partial charge in [0.15, 0.2) is 0 Å². The van der Waals surface area contributed by atoms with Gasteiger partial charge in [-0.15, -0.1) is 0 Å². The molecule has 0 saturated carbocycles. The Morgan fingerprint density at radius 2 is 1.53 bits per heavy atom. The normalized spacial score (nSPS) is 10.9. The van der Waals surface area contributed by atoms with Crippen LogP contribution in [0, 0.1) is 0 Å². The zero-order valence-electron chi connectivity index (χ0n) is 10.4. The minimum Gasteiger partial charge on any atom is -0.396 e. The average molecular weight is 228 g/mol. The molecule has 0 aliphatic heterocycles. The minimum atomic E-state index is 0.234. The summed E-state index contributed by atoms with van der Waals surface area (Å²) in [6.07, 6.45) is 4.32. The maximum Gasteiger partial charge on any atom is 0.0471 e. The van der Waals surface area contributed by atoms with Gasteiger partial charge in [0, 0.05) is 6.61 Å². The van der Waals surface area contributed by atoms with Gasteiger partial charge in [-0.05, 0) is 41.2 Å². The Kier molecular flexibility index (Phi) is 4.16. The second kappa shape index (κ2) is 5.83. The molecule has 0 aromatic heterocycles. The van der Waals surface area contributed by atoms with E-state index in [9.17, 15) is 0 Å². The molecule has 2 aromatic carbocycles. The van der Waals surface area contributed by atoms with Crippen molar-refractivity contribution in [3.8, 4) is 0 Å². The molecule has 0 radical (unpaired) electrons. The van der Waals surface area contributed by atoms with E-state index in [0.717, 1.165) is 12.8 Å². The second-order valence-electron chi connectivity index (χ2n) is 4.55. The van der Waals surface area contributed by atoms with Crippen molar-refractivity contribution in [2.45, 2.75) is 32.6 Å². The first-order valence-electron chi connectivity index (χ1n) is 6.46. The summed E-state index contributed by atoms with van der Waals surface area (Å²) in [6, 6.07) is 13.0. The van der Waals surface area contributed by atoms with Crippen molar-refractivity contribution >= 4 is 10.8 Å². The number of benzene rings is 2. The van der Waals surface area contributed by atoms with Crippen LogP contribution in [0.15, 0.2) is 36.4 Å². The molecule has 0 unspecified atom stereocenters. The lowest BCUT2D eigenvalue weighted by molar-refractivity contribution is 0.299. The zero-order valence-corrected chi connectivity index (χ0v) is 10.4. The van der Waals surface area contributed by atoms with Crippen molar-refractivity contribution in [3.63, 3.8) is 0 Å². The van der Waals surface area contributed by atoms with E-state index in [4.69, 9.17) is 5.11 Å². The van der Waals surface area contributed by atoms with E-state index in [1.54, 1.807) is 0 Å². The Morgan fingerprint density at radius 1 is 0.941 bits per heavy atom. The highest BCUT2D eigenvalue weighted by atomic mass is 16.2. The fraction of sp³-hybridized carbons (Fsp3) is 0.375. The lowest BCUT2D eigenvalue weighted by atomic mass is 9.95. The summed E-state index contributed by atoms with van der Waals surface area (Å²) in [7, 11) is 0. The fourth-order valence-electron chi connectivity index (χ4n) is 2.29. The molecule has 0 heterocycles. The van der Waals surface area contributed by atoms with Gasteiger partial charge < -0.3 is 5.11 Å². The van der Waals surface area contributed by atoms with Gasteiger partial charge >= 0.3 is 0 Å². The Hall–Kier alpha value is -1.34. The summed E-state index contributed by atoms with van der Waals surface area (Å²) in [5, 5.41) is 11.7. The summed E-state index contributed by atoms with van der Waals surface area (Å²) >= 11 is 0. The smallest absolute Gasteiger partial charge is 0.0471 e. The summed E-state index contributed by atoms with van der Waals surface area (Å²) in [6.45, 7) is 2.45. The highest BCUT2D eigenvalue weighted by Crippen LogP contribution is 2.22. The summed E-state index contributed by atoms with van der Waals surface area (Å²) in [4.78, 5) is 0. The summed E-state index contributed by atoms with van der Waals surface area (Å²) < 4.78 is 0. The number of rotatable bonds is 5. The lowest BCUT2D eigenvalue weighted by Gasteiger charge is -2.10. The van der Waals surface area contributed by atoms with E-state index in [0.29, 0.717) is 0 Å². The highest BCUT2D eigenvalue weighted by molar-refractivity contribution is 5.84. The number of aryl methyl sites for hydroxylation is 1. The van der Waals surface area contributed by atoms with Crippen molar-refractivity contribution in [2.75, 3.05) is 6.61 Å². The molecule has 0 aliphatic carbocycles. The molecule has 0 spiro atoms. The Morgan fingerprint density at radius 3 is 2.06 bits per heavy atom. The Labute approximate surface area is 103 Å². The van der Waals surface area contributed by atoms with Gasteiger partial charge in [-0.1, -0.05) is 49.7 Å². The second-order valence-corrected chi connectivity index (χ2v) is 4.55. The number of aliphatic hydroxyl groups is 1. The number of hydrogen-bond donors (Lipinski definition) is 1. The summed E-state index contributed by atoms with van der Waals surface area (Å²) in [5.41, 5.74) is 2.71. The van der Waals surface area contributed by atoms with Crippen LogP contribution < -0.4 is 0 Å². The molecular formula is C16H20O. The Balaban J connectivity index is 2.42. The molecule has 2 rings (SSSR count). The fourth-order valence-corrected chi connectivity index (χ4v) is 2.29. The van der Waals surface area contributed by atoms with Crippen LogP contribution in [-0.4, -0.2) is 11.7 Å². The third kappa shape index (κ3) is 2.86. The van der Waals surface area contributed by atoms with Crippen molar-refractivity contribution in [1.82, 2.24) is 0 Å². The molecule has 0 saturated heterocycles. The van der Waals surface area contributed by atoms with Crippen LogP contribution in [0.4, 0.5) is 0 Å². The molecule has 1 N–H and O–H groups in total. The molecular weight excluding hydrogens is 208 g/mol. The molecule has 0 atom stereocenters. The zero-order chi connectivity index (χ0) is 12.1.